The minimum absolute atomic E-state index is 0.0912. The number of amides is 1. The second kappa shape index (κ2) is 6.74. The van der Waals surface area contributed by atoms with Gasteiger partial charge >= 0.3 is 0 Å². The number of hydrogen-bond donors (Lipinski definition) is 1. The Kier molecular flexibility index (Phi) is 4.28. The first-order chi connectivity index (χ1) is 12.6. The van der Waals surface area contributed by atoms with Crippen LogP contribution >= 0.6 is 0 Å². The molecular weight excluding hydrogens is 330 g/mol. The maximum Gasteiger partial charge on any atom is 0.272 e. The Balaban J connectivity index is 1.56. The zero-order valence-electron chi connectivity index (χ0n) is 14.8. The third-order valence-electron chi connectivity index (χ3n) is 4.65. The SMILES string of the molecule is CC(C)c1noc([C@H]2CCCN2C(=O)c2cc(-c3ccccc3)n[nH]2)n1. The molecule has 1 aliphatic rings. The first-order valence-corrected chi connectivity index (χ1v) is 8.89. The lowest BCUT2D eigenvalue weighted by Gasteiger charge is -2.20. The number of carbonyl (C=O) groups is 1. The molecule has 1 atom stereocenters. The minimum Gasteiger partial charge on any atom is -0.337 e. The van der Waals surface area contributed by atoms with Crippen molar-refractivity contribution in [2.45, 2.75) is 38.6 Å². The van der Waals surface area contributed by atoms with Crippen molar-refractivity contribution in [1.82, 2.24) is 25.2 Å². The Morgan fingerprint density at radius 1 is 1.31 bits per heavy atom. The van der Waals surface area contributed by atoms with Crippen molar-refractivity contribution < 1.29 is 9.32 Å². The third-order valence-corrected chi connectivity index (χ3v) is 4.65. The normalized spacial score (nSPS) is 17.2. The van der Waals surface area contributed by atoms with Gasteiger partial charge < -0.3 is 9.42 Å². The molecule has 7 heteroatoms. The highest BCUT2D eigenvalue weighted by Crippen LogP contribution is 2.33. The average molecular weight is 351 g/mol. The number of carbonyl (C=O) groups excluding carboxylic acids is 1. The van der Waals surface area contributed by atoms with Gasteiger partial charge in [0.05, 0.1) is 5.69 Å². The highest BCUT2D eigenvalue weighted by molar-refractivity contribution is 5.93. The fourth-order valence-electron chi connectivity index (χ4n) is 3.23. The van der Waals surface area contributed by atoms with E-state index in [0.717, 1.165) is 24.1 Å². The summed E-state index contributed by atoms with van der Waals surface area (Å²) in [4.78, 5) is 19.2. The Hall–Kier alpha value is -2.96. The standard InChI is InChI=1S/C19H21N5O2/c1-12(2)17-20-18(26-23-17)16-9-6-10-24(16)19(25)15-11-14(21-22-15)13-7-4-3-5-8-13/h3-5,7-8,11-12,16H,6,9-10H2,1-2H3,(H,21,22)/t16-/m1/s1. The second-order valence-corrected chi connectivity index (χ2v) is 6.83. The van der Waals surface area contributed by atoms with Gasteiger partial charge in [-0.25, -0.2) is 0 Å². The van der Waals surface area contributed by atoms with Crippen molar-refractivity contribution in [3.63, 3.8) is 0 Å². The van der Waals surface area contributed by atoms with Gasteiger partial charge in [-0.15, -0.1) is 0 Å². The molecule has 0 bridgehead atoms. The highest BCUT2D eigenvalue weighted by Gasteiger charge is 2.35. The number of aromatic amines is 1. The molecule has 0 radical (unpaired) electrons. The topological polar surface area (TPSA) is 87.9 Å². The molecule has 0 saturated carbocycles. The number of benzene rings is 1. The van der Waals surface area contributed by atoms with E-state index in [1.54, 1.807) is 11.0 Å². The van der Waals surface area contributed by atoms with Crippen molar-refractivity contribution in [2.24, 2.45) is 0 Å². The molecule has 4 rings (SSSR count). The number of hydrogen-bond acceptors (Lipinski definition) is 5. The molecule has 26 heavy (non-hydrogen) atoms. The number of nitrogens with zero attached hydrogens (tertiary/aromatic N) is 4. The van der Waals surface area contributed by atoms with Gasteiger partial charge in [-0.2, -0.15) is 10.1 Å². The van der Waals surface area contributed by atoms with Crippen molar-refractivity contribution in [3.8, 4) is 11.3 Å². The number of H-pyrrole nitrogens is 1. The molecule has 1 aliphatic heterocycles. The van der Waals surface area contributed by atoms with Gasteiger partial charge in [-0.1, -0.05) is 49.3 Å². The molecule has 3 heterocycles. The van der Waals surface area contributed by atoms with Gasteiger partial charge in [-0.3, -0.25) is 9.89 Å². The molecule has 0 spiro atoms. The Bertz CT molecular complexity index is 900. The van der Waals surface area contributed by atoms with Crippen molar-refractivity contribution >= 4 is 5.91 Å². The van der Waals surface area contributed by atoms with Crippen LogP contribution in [0.25, 0.3) is 11.3 Å². The van der Waals surface area contributed by atoms with E-state index in [1.165, 1.54) is 0 Å². The summed E-state index contributed by atoms with van der Waals surface area (Å²) in [5.41, 5.74) is 2.20. The van der Waals surface area contributed by atoms with E-state index in [9.17, 15) is 4.79 Å². The van der Waals surface area contributed by atoms with E-state index < -0.39 is 0 Å². The zero-order valence-corrected chi connectivity index (χ0v) is 14.8. The monoisotopic (exact) mass is 351 g/mol. The lowest BCUT2D eigenvalue weighted by molar-refractivity contribution is 0.0704. The van der Waals surface area contributed by atoms with Gasteiger partial charge in [-0.05, 0) is 18.9 Å². The van der Waals surface area contributed by atoms with Gasteiger partial charge in [0.25, 0.3) is 5.91 Å². The number of aromatic nitrogens is 4. The molecule has 0 unspecified atom stereocenters. The van der Waals surface area contributed by atoms with Crippen LogP contribution in [-0.2, 0) is 0 Å². The predicted molar refractivity (Wildman–Crippen MR) is 95.4 cm³/mol. The van der Waals surface area contributed by atoms with Crippen LogP contribution in [0.4, 0.5) is 0 Å². The van der Waals surface area contributed by atoms with Gasteiger partial charge in [0.2, 0.25) is 5.89 Å². The van der Waals surface area contributed by atoms with E-state index in [4.69, 9.17) is 4.52 Å². The lowest BCUT2D eigenvalue weighted by atomic mass is 10.1. The maximum atomic E-state index is 13.0. The summed E-state index contributed by atoms with van der Waals surface area (Å²) in [6, 6.07) is 11.4. The second-order valence-electron chi connectivity index (χ2n) is 6.83. The smallest absolute Gasteiger partial charge is 0.272 e. The summed E-state index contributed by atoms with van der Waals surface area (Å²) in [7, 11) is 0. The van der Waals surface area contributed by atoms with Crippen LogP contribution in [0.3, 0.4) is 0 Å². The van der Waals surface area contributed by atoms with E-state index in [2.05, 4.69) is 20.3 Å². The average Bonchev–Trinajstić information content (AvgIpc) is 3.41. The number of rotatable bonds is 4. The van der Waals surface area contributed by atoms with Crippen LogP contribution in [0.2, 0.25) is 0 Å². The molecule has 3 aromatic rings. The van der Waals surface area contributed by atoms with E-state index in [-0.39, 0.29) is 17.9 Å². The first-order valence-electron chi connectivity index (χ1n) is 8.89. The molecule has 1 saturated heterocycles. The quantitative estimate of drug-likeness (QED) is 0.776. The fraction of sp³-hybridized carbons (Fsp3) is 0.368. The lowest BCUT2D eigenvalue weighted by Crippen LogP contribution is -2.31. The van der Waals surface area contributed by atoms with Crippen LogP contribution < -0.4 is 0 Å². The first kappa shape index (κ1) is 16.5. The molecule has 2 aromatic heterocycles. The van der Waals surface area contributed by atoms with E-state index in [0.29, 0.717) is 24.0 Å². The Morgan fingerprint density at radius 2 is 2.12 bits per heavy atom. The van der Waals surface area contributed by atoms with E-state index in [1.807, 2.05) is 44.2 Å². The van der Waals surface area contributed by atoms with Crippen LogP contribution in [0.5, 0.6) is 0 Å². The number of nitrogens with one attached hydrogen (secondary N) is 1. The molecule has 1 aromatic carbocycles. The van der Waals surface area contributed by atoms with Crippen molar-refractivity contribution in [2.75, 3.05) is 6.54 Å². The van der Waals surface area contributed by atoms with Gasteiger partial charge in [0.15, 0.2) is 5.82 Å². The molecular formula is C19H21N5O2. The summed E-state index contributed by atoms with van der Waals surface area (Å²) < 4.78 is 5.42. The molecule has 1 N–H and O–H groups in total. The Morgan fingerprint density at radius 3 is 2.85 bits per heavy atom. The molecule has 1 fully saturated rings. The summed E-state index contributed by atoms with van der Waals surface area (Å²) in [5.74, 6) is 1.29. The van der Waals surface area contributed by atoms with Crippen LogP contribution in [-0.4, -0.2) is 37.7 Å². The van der Waals surface area contributed by atoms with Crippen LogP contribution in [0.15, 0.2) is 40.9 Å². The largest absolute Gasteiger partial charge is 0.337 e. The molecule has 7 nitrogen and oxygen atoms in total. The van der Waals surface area contributed by atoms with Crippen LogP contribution in [0.1, 0.15) is 60.9 Å². The predicted octanol–water partition coefficient (Wildman–Crippen LogP) is 3.56. The Labute approximate surface area is 151 Å². The zero-order chi connectivity index (χ0) is 18.1. The highest BCUT2D eigenvalue weighted by atomic mass is 16.5. The van der Waals surface area contributed by atoms with Gasteiger partial charge in [0.1, 0.15) is 11.7 Å². The molecule has 134 valence electrons. The van der Waals surface area contributed by atoms with E-state index >= 15 is 0 Å². The molecule has 0 aliphatic carbocycles. The number of likely N-dealkylation sites (tertiary alicyclic amines) is 1. The van der Waals surface area contributed by atoms with Crippen molar-refractivity contribution in [1.29, 1.82) is 0 Å². The maximum absolute atomic E-state index is 13.0. The molecule has 1 amide bonds. The summed E-state index contributed by atoms with van der Waals surface area (Å²) in [5, 5.41) is 11.2. The van der Waals surface area contributed by atoms with Crippen LogP contribution in [0, 0.1) is 0 Å². The summed E-state index contributed by atoms with van der Waals surface area (Å²) in [6.45, 7) is 4.70. The summed E-state index contributed by atoms with van der Waals surface area (Å²) >= 11 is 0. The minimum atomic E-state index is -0.175. The van der Waals surface area contributed by atoms with Crippen molar-refractivity contribution in [3.05, 3.63) is 53.8 Å². The fourth-order valence-corrected chi connectivity index (χ4v) is 3.23. The van der Waals surface area contributed by atoms with Gasteiger partial charge in [0, 0.05) is 18.0 Å². The summed E-state index contributed by atoms with van der Waals surface area (Å²) in [6.07, 6.45) is 1.74. The third kappa shape index (κ3) is 3.00.